The van der Waals surface area contributed by atoms with Crippen LogP contribution < -0.4 is 5.32 Å². The molecular formula is C23H33N2O7P. The summed E-state index contributed by atoms with van der Waals surface area (Å²) in [5.41, 5.74) is 1.47. The van der Waals surface area contributed by atoms with Crippen molar-refractivity contribution in [2.45, 2.75) is 47.5 Å². The lowest BCUT2D eigenvalue weighted by Gasteiger charge is -2.35. The zero-order valence-corrected chi connectivity index (χ0v) is 21.1. The second-order valence-corrected chi connectivity index (χ2v) is 10.8. The summed E-state index contributed by atoms with van der Waals surface area (Å²) >= 11 is 0. The number of nitrogens with zero attached hydrogens (tertiary/aromatic N) is 1. The van der Waals surface area contributed by atoms with Crippen molar-refractivity contribution in [3.63, 3.8) is 0 Å². The third-order valence-electron chi connectivity index (χ3n) is 5.00. The Bertz CT molecular complexity index is 998. The number of methoxy groups -OCH3 is 1. The van der Waals surface area contributed by atoms with Crippen LogP contribution in [0.15, 0.2) is 46.5 Å². The van der Waals surface area contributed by atoms with Crippen LogP contribution in [0.4, 0.5) is 5.69 Å². The van der Waals surface area contributed by atoms with E-state index in [1.165, 1.54) is 25.3 Å². The zero-order chi connectivity index (χ0) is 24.9. The molecule has 1 aromatic carbocycles. The van der Waals surface area contributed by atoms with Gasteiger partial charge in [-0.2, -0.15) is 0 Å². The van der Waals surface area contributed by atoms with E-state index in [0.717, 1.165) is 0 Å². The SMILES string of the molecule is COC(=O)C1=C(C)NC(C)=C(P(=O)(OCC(C)C)OCC(C)C)C1c1cccc([N+](=O)[O-])c1. The van der Waals surface area contributed by atoms with E-state index in [2.05, 4.69) is 5.32 Å². The lowest BCUT2D eigenvalue weighted by Crippen LogP contribution is -2.29. The molecule has 1 aromatic rings. The molecule has 0 spiro atoms. The number of hydrogen-bond acceptors (Lipinski definition) is 8. The molecular weight excluding hydrogens is 447 g/mol. The van der Waals surface area contributed by atoms with Crippen molar-refractivity contribution >= 4 is 19.3 Å². The van der Waals surface area contributed by atoms with Crippen LogP contribution >= 0.6 is 7.60 Å². The van der Waals surface area contributed by atoms with Crippen LogP contribution in [0.1, 0.15) is 53.0 Å². The summed E-state index contributed by atoms with van der Waals surface area (Å²) in [7, 11) is -2.68. The largest absolute Gasteiger partial charge is 0.466 e. The molecule has 1 aliphatic rings. The van der Waals surface area contributed by atoms with Crippen molar-refractivity contribution in [3.05, 3.63) is 62.2 Å². The summed E-state index contributed by atoms with van der Waals surface area (Å²) in [6, 6.07) is 5.91. The van der Waals surface area contributed by atoms with Crippen molar-refractivity contribution in [1.82, 2.24) is 5.32 Å². The minimum atomic E-state index is -3.93. The number of dihydropyridines is 1. The topological polar surface area (TPSA) is 117 Å². The molecule has 1 unspecified atom stereocenters. The maximum Gasteiger partial charge on any atom is 0.360 e. The van der Waals surface area contributed by atoms with Gasteiger partial charge in [0.15, 0.2) is 0 Å². The van der Waals surface area contributed by atoms with E-state index in [-0.39, 0.29) is 41.6 Å². The molecule has 1 N–H and O–H groups in total. The van der Waals surface area contributed by atoms with Gasteiger partial charge in [0.2, 0.25) is 0 Å². The molecule has 1 heterocycles. The summed E-state index contributed by atoms with van der Waals surface area (Å²) < 4.78 is 31.1. The van der Waals surface area contributed by atoms with Crippen LogP contribution in [0.5, 0.6) is 0 Å². The number of allylic oxidation sites excluding steroid dienone is 3. The number of carbonyl (C=O) groups is 1. The van der Waals surface area contributed by atoms with Gasteiger partial charge in [-0.15, -0.1) is 0 Å². The van der Waals surface area contributed by atoms with E-state index in [1.807, 2.05) is 27.7 Å². The van der Waals surface area contributed by atoms with Crippen LogP contribution in [0.2, 0.25) is 0 Å². The molecule has 0 saturated heterocycles. The number of carbonyl (C=O) groups excluding carboxylic acids is 1. The Morgan fingerprint density at radius 3 is 2.18 bits per heavy atom. The molecule has 0 radical (unpaired) electrons. The van der Waals surface area contributed by atoms with Crippen LogP contribution in [-0.4, -0.2) is 31.2 Å². The van der Waals surface area contributed by atoms with E-state index in [4.69, 9.17) is 13.8 Å². The first kappa shape index (κ1) is 26.8. The lowest BCUT2D eigenvalue weighted by molar-refractivity contribution is -0.384. The van der Waals surface area contributed by atoms with Gasteiger partial charge in [-0.25, -0.2) is 4.79 Å². The molecule has 2 rings (SSSR count). The first-order valence-corrected chi connectivity index (χ1v) is 12.4. The molecule has 1 atom stereocenters. The molecule has 0 saturated carbocycles. The quantitative estimate of drug-likeness (QED) is 0.202. The van der Waals surface area contributed by atoms with Crippen LogP contribution in [0.25, 0.3) is 0 Å². The Labute approximate surface area is 194 Å². The average molecular weight is 480 g/mol. The maximum absolute atomic E-state index is 14.3. The third-order valence-corrected chi connectivity index (χ3v) is 7.16. The minimum absolute atomic E-state index is 0.0760. The smallest absolute Gasteiger partial charge is 0.360 e. The second kappa shape index (κ2) is 11.1. The molecule has 9 nitrogen and oxygen atoms in total. The molecule has 0 aliphatic carbocycles. The normalized spacial score (nSPS) is 16.9. The van der Waals surface area contributed by atoms with E-state index in [0.29, 0.717) is 17.0 Å². The third kappa shape index (κ3) is 6.31. The lowest BCUT2D eigenvalue weighted by atomic mass is 9.86. The van der Waals surface area contributed by atoms with Crippen molar-refractivity contribution in [2.75, 3.05) is 20.3 Å². The molecule has 10 heteroatoms. The number of nitro benzene ring substituents is 1. The van der Waals surface area contributed by atoms with Gasteiger partial charge < -0.3 is 19.1 Å². The first-order valence-electron chi connectivity index (χ1n) is 10.8. The van der Waals surface area contributed by atoms with Gasteiger partial charge in [0.1, 0.15) is 0 Å². The Morgan fingerprint density at radius 2 is 1.70 bits per heavy atom. The first-order chi connectivity index (χ1) is 15.4. The fourth-order valence-corrected chi connectivity index (χ4v) is 5.94. The van der Waals surface area contributed by atoms with E-state index in [9.17, 15) is 19.5 Å². The molecule has 0 fully saturated rings. The Morgan fingerprint density at radius 1 is 1.12 bits per heavy atom. The predicted octanol–water partition coefficient (Wildman–Crippen LogP) is 5.50. The summed E-state index contributed by atoms with van der Waals surface area (Å²) in [6.07, 6.45) is 0. The molecule has 0 amide bonds. The average Bonchev–Trinajstić information content (AvgIpc) is 2.75. The number of ether oxygens (including phenoxy) is 1. The molecule has 1 aliphatic heterocycles. The summed E-state index contributed by atoms with van der Waals surface area (Å²) in [5, 5.41) is 14.8. The van der Waals surface area contributed by atoms with Gasteiger partial charge in [-0.3, -0.25) is 14.7 Å². The predicted molar refractivity (Wildman–Crippen MR) is 126 cm³/mol. The standard InChI is InChI=1S/C23H33N2O7P/c1-14(2)12-31-33(29,32-13-15(3)4)22-17(6)24-16(5)20(23(26)30-7)21(22)18-9-8-10-19(11-18)25(27)28/h8-11,14-15,21,24H,12-13H2,1-7H3. The van der Waals surface area contributed by atoms with Crippen LogP contribution in [0.3, 0.4) is 0 Å². The molecule has 0 aromatic heterocycles. The Kier molecular flexibility index (Phi) is 9.00. The van der Waals surface area contributed by atoms with Gasteiger partial charge in [0.05, 0.1) is 42.1 Å². The van der Waals surface area contributed by atoms with Gasteiger partial charge in [-0.1, -0.05) is 39.8 Å². The highest BCUT2D eigenvalue weighted by Gasteiger charge is 2.45. The molecule has 182 valence electrons. The number of hydrogen-bond donors (Lipinski definition) is 1. The van der Waals surface area contributed by atoms with Crippen molar-refractivity contribution in [3.8, 4) is 0 Å². The van der Waals surface area contributed by atoms with Gasteiger partial charge in [-0.05, 0) is 31.2 Å². The van der Waals surface area contributed by atoms with Crippen molar-refractivity contribution in [1.29, 1.82) is 0 Å². The minimum Gasteiger partial charge on any atom is -0.466 e. The summed E-state index contributed by atoms with van der Waals surface area (Å²) in [4.78, 5) is 23.8. The number of nitrogens with one attached hydrogen (secondary N) is 1. The van der Waals surface area contributed by atoms with E-state index in [1.54, 1.807) is 19.9 Å². The van der Waals surface area contributed by atoms with Gasteiger partial charge in [0.25, 0.3) is 5.69 Å². The highest BCUT2D eigenvalue weighted by molar-refractivity contribution is 7.58. The molecule has 0 bridgehead atoms. The van der Waals surface area contributed by atoms with Crippen molar-refractivity contribution < 1.29 is 28.1 Å². The number of nitro groups is 1. The number of benzene rings is 1. The fourth-order valence-electron chi connectivity index (χ4n) is 3.54. The van der Waals surface area contributed by atoms with E-state index >= 15 is 0 Å². The van der Waals surface area contributed by atoms with E-state index < -0.39 is 24.4 Å². The van der Waals surface area contributed by atoms with Crippen LogP contribution in [-0.2, 0) is 23.1 Å². The summed E-state index contributed by atoms with van der Waals surface area (Å²) in [6.45, 7) is 11.5. The monoisotopic (exact) mass is 480 g/mol. The zero-order valence-electron chi connectivity index (χ0n) is 20.2. The Hall–Kier alpha value is -2.48. The number of non-ortho nitro benzene ring substituents is 1. The fraction of sp³-hybridized carbons (Fsp3) is 0.522. The number of rotatable bonds is 10. The summed E-state index contributed by atoms with van der Waals surface area (Å²) in [5.74, 6) is -1.40. The second-order valence-electron chi connectivity index (χ2n) is 8.83. The van der Waals surface area contributed by atoms with Gasteiger partial charge >= 0.3 is 13.6 Å². The highest BCUT2D eigenvalue weighted by atomic mass is 31.2. The molecule has 33 heavy (non-hydrogen) atoms. The van der Waals surface area contributed by atoms with Gasteiger partial charge in [0, 0.05) is 23.5 Å². The van der Waals surface area contributed by atoms with Crippen molar-refractivity contribution in [2.24, 2.45) is 11.8 Å². The maximum atomic E-state index is 14.3. The van der Waals surface area contributed by atoms with Crippen LogP contribution in [0, 0.1) is 22.0 Å². The number of esters is 1. The Balaban J connectivity index is 2.77. The highest BCUT2D eigenvalue weighted by Crippen LogP contribution is 2.64.